The van der Waals surface area contributed by atoms with Crippen LogP contribution in [0.2, 0.25) is 5.02 Å². The Kier molecular flexibility index (Phi) is 6.60. The van der Waals surface area contributed by atoms with Crippen molar-refractivity contribution in [3.63, 3.8) is 0 Å². The Labute approximate surface area is 195 Å². The Bertz CT molecular complexity index is 1330. The topological polar surface area (TPSA) is 89.3 Å². The van der Waals surface area contributed by atoms with Crippen molar-refractivity contribution in [1.82, 2.24) is 14.5 Å². The first kappa shape index (κ1) is 22.8. The van der Waals surface area contributed by atoms with Gasteiger partial charge in [0.05, 0.1) is 34.7 Å². The molecular weight excluding hydrogens is 470 g/mol. The van der Waals surface area contributed by atoms with E-state index in [0.29, 0.717) is 34.0 Å². The number of carbonyl (C=O) groups excluding carboxylic acids is 1. The lowest BCUT2D eigenvalue weighted by Gasteiger charge is -2.23. The predicted octanol–water partition coefficient (Wildman–Crippen LogP) is 2.84. The van der Waals surface area contributed by atoms with Crippen molar-refractivity contribution in [3.05, 3.63) is 69.5 Å². The van der Waals surface area contributed by atoms with Crippen LogP contribution in [0, 0.1) is 0 Å². The fourth-order valence-corrected chi connectivity index (χ4v) is 6.57. The molecule has 3 aromatic rings. The summed E-state index contributed by atoms with van der Waals surface area (Å²) < 4.78 is 25.1. The summed E-state index contributed by atoms with van der Waals surface area (Å²) in [6, 6.07) is 14.2. The summed E-state index contributed by atoms with van der Waals surface area (Å²) in [4.78, 5) is 32.1. The van der Waals surface area contributed by atoms with Gasteiger partial charge in [0, 0.05) is 18.1 Å². The zero-order valence-corrected chi connectivity index (χ0v) is 19.8. The highest BCUT2D eigenvalue weighted by molar-refractivity contribution is 7.99. The monoisotopic (exact) mass is 491 g/mol. The molecule has 1 fully saturated rings. The van der Waals surface area contributed by atoms with E-state index >= 15 is 0 Å². The van der Waals surface area contributed by atoms with Gasteiger partial charge in [0.25, 0.3) is 5.56 Å². The first-order valence-corrected chi connectivity index (χ1v) is 13.2. The maximum Gasteiger partial charge on any atom is 0.262 e. The average molecular weight is 492 g/mol. The van der Waals surface area contributed by atoms with Crippen molar-refractivity contribution < 1.29 is 13.2 Å². The molecule has 0 spiro atoms. The van der Waals surface area contributed by atoms with Crippen LogP contribution in [0.4, 0.5) is 0 Å². The number of fused-ring (bicyclic) bond motifs is 1. The van der Waals surface area contributed by atoms with E-state index in [-0.39, 0.29) is 34.8 Å². The quantitative estimate of drug-likeness (QED) is 0.389. The van der Waals surface area contributed by atoms with Gasteiger partial charge in [0.15, 0.2) is 15.0 Å². The summed E-state index contributed by atoms with van der Waals surface area (Å²) in [5.74, 6) is -0.0682. The zero-order chi connectivity index (χ0) is 22.9. The molecule has 1 aliphatic heterocycles. The van der Waals surface area contributed by atoms with Crippen LogP contribution in [0.25, 0.3) is 10.9 Å². The Morgan fingerprint density at radius 1 is 1.25 bits per heavy atom. The summed E-state index contributed by atoms with van der Waals surface area (Å²) in [5.41, 5.74) is 1.20. The van der Waals surface area contributed by atoms with Crippen LogP contribution in [0.15, 0.2) is 58.5 Å². The minimum atomic E-state index is -3.09. The number of halogens is 1. The van der Waals surface area contributed by atoms with Crippen molar-refractivity contribution in [2.24, 2.45) is 0 Å². The first-order chi connectivity index (χ1) is 15.2. The summed E-state index contributed by atoms with van der Waals surface area (Å²) >= 11 is 7.26. The number of nitrogens with zero attached hydrogens (tertiary/aromatic N) is 3. The van der Waals surface area contributed by atoms with Crippen LogP contribution in [-0.4, -0.2) is 59.1 Å². The van der Waals surface area contributed by atoms with Crippen molar-refractivity contribution in [3.8, 4) is 0 Å². The lowest BCUT2D eigenvalue weighted by Crippen LogP contribution is -2.39. The second kappa shape index (κ2) is 9.25. The molecule has 1 atom stereocenters. The van der Waals surface area contributed by atoms with Gasteiger partial charge in [-0.2, -0.15) is 0 Å². The van der Waals surface area contributed by atoms with Gasteiger partial charge in [-0.05, 0) is 30.2 Å². The summed E-state index contributed by atoms with van der Waals surface area (Å²) in [5, 5.41) is 1.34. The Hall–Kier alpha value is -2.36. The lowest BCUT2D eigenvalue weighted by atomic mass is 10.2. The van der Waals surface area contributed by atoms with Crippen LogP contribution in [0.3, 0.4) is 0 Å². The largest absolute Gasteiger partial charge is 0.341 e. The SMILES string of the molecule is CN(C(=O)CSc1nc2cc(Cl)ccc2c(=O)n1Cc1ccccc1)[C@H]1CCS(=O)(=O)C1. The fourth-order valence-electron chi connectivity index (χ4n) is 3.70. The summed E-state index contributed by atoms with van der Waals surface area (Å²) in [7, 11) is -1.46. The third-order valence-electron chi connectivity index (χ3n) is 5.54. The molecule has 1 aromatic heterocycles. The van der Waals surface area contributed by atoms with E-state index in [2.05, 4.69) is 4.98 Å². The molecule has 7 nitrogen and oxygen atoms in total. The Balaban J connectivity index is 1.62. The molecule has 10 heteroatoms. The van der Waals surface area contributed by atoms with Crippen molar-refractivity contribution in [2.45, 2.75) is 24.2 Å². The fraction of sp³-hybridized carbons (Fsp3) is 0.318. The van der Waals surface area contributed by atoms with Gasteiger partial charge in [-0.3, -0.25) is 14.2 Å². The molecule has 2 aromatic carbocycles. The lowest BCUT2D eigenvalue weighted by molar-refractivity contribution is -0.128. The van der Waals surface area contributed by atoms with Crippen LogP contribution < -0.4 is 5.56 Å². The molecule has 0 unspecified atom stereocenters. The summed E-state index contributed by atoms with van der Waals surface area (Å²) in [6.45, 7) is 0.318. The van der Waals surface area contributed by atoms with Crippen LogP contribution in [-0.2, 0) is 21.2 Å². The highest BCUT2D eigenvalue weighted by atomic mass is 35.5. The number of sulfone groups is 1. The molecule has 1 aliphatic rings. The van der Waals surface area contributed by atoms with Crippen LogP contribution in [0.1, 0.15) is 12.0 Å². The number of thioether (sulfide) groups is 1. The highest BCUT2D eigenvalue weighted by Gasteiger charge is 2.32. The number of hydrogen-bond acceptors (Lipinski definition) is 6. The molecular formula is C22H22ClN3O4S2. The Morgan fingerprint density at radius 3 is 2.69 bits per heavy atom. The van der Waals surface area contributed by atoms with Gasteiger partial charge in [0.1, 0.15) is 0 Å². The minimum Gasteiger partial charge on any atom is -0.341 e. The van der Waals surface area contributed by atoms with Crippen molar-refractivity contribution in [2.75, 3.05) is 24.3 Å². The van der Waals surface area contributed by atoms with Crippen LogP contribution in [0.5, 0.6) is 0 Å². The molecule has 4 rings (SSSR count). The van der Waals surface area contributed by atoms with Gasteiger partial charge in [0.2, 0.25) is 5.91 Å². The number of benzene rings is 2. The normalized spacial score (nSPS) is 17.5. The van der Waals surface area contributed by atoms with Crippen molar-refractivity contribution >= 4 is 50.0 Å². The molecule has 0 saturated carbocycles. The Morgan fingerprint density at radius 2 is 2.00 bits per heavy atom. The van der Waals surface area contributed by atoms with E-state index in [1.54, 1.807) is 29.8 Å². The number of rotatable bonds is 6. The zero-order valence-electron chi connectivity index (χ0n) is 17.4. The number of amides is 1. The van der Waals surface area contributed by atoms with Crippen LogP contribution >= 0.6 is 23.4 Å². The average Bonchev–Trinajstić information content (AvgIpc) is 3.14. The second-order valence-electron chi connectivity index (χ2n) is 7.78. The molecule has 1 amide bonds. The van der Waals surface area contributed by atoms with E-state index in [1.807, 2.05) is 30.3 Å². The minimum absolute atomic E-state index is 0.00859. The highest BCUT2D eigenvalue weighted by Crippen LogP contribution is 2.23. The summed E-state index contributed by atoms with van der Waals surface area (Å²) in [6.07, 6.45) is 0.445. The van der Waals surface area contributed by atoms with Gasteiger partial charge in [-0.1, -0.05) is 53.7 Å². The number of aromatic nitrogens is 2. The molecule has 0 radical (unpaired) electrons. The van der Waals surface area contributed by atoms with E-state index < -0.39 is 9.84 Å². The van der Waals surface area contributed by atoms with E-state index in [0.717, 1.165) is 17.3 Å². The number of carbonyl (C=O) groups is 1. The van der Waals surface area contributed by atoms with Crippen molar-refractivity contribution in [1.29, 1.82) is 0 Å². The third kappa shape index (κ3) is 5.00. The smallest absolute Gasteiger partial charge is 0.262 e. The number of hydrogen-bond donors (Lipinski definition) is 0. The van der Waals surface area contributed by atoms with Gasteiger partial charge in [-0.15, -0.1) is 0 Å². The molecule has 1 saturated heterocycles. The second-order valence-corrected chi connectivity index (χ2v) is 11.4. The first-order valence-electron chi connectivity index (χ1n) is 10.1. The van der Waals surface area contributed by atoms with Gasteiger partial charge in [-0.25, -0.2) is 13.4 Å². The van der Waals surface area contributed by atoms with E-state index in [9.17, 15) is 18.0 Å². The molecule has 0 bridgehead atoms. The molecule has 0 aliphatic carbocycles. The van der Waals surface area contributed by atoms with Gasteiger partial charge < -0.3 is 4.90 Å². The molecule has 0 N–H and O–H groups in total. The molecule has 32 heavy (non-hydrogen) atoms. The third-order valence-corrected chi connectivity index (χ3v) is 8.49. The molecule has 168 valence electrons. The standard InChI is InChI=1S/C22H22ClN3O4S2/c1-25(17-9-10-32(29,30)14-17)20(27)13-31-22-24-19-11-16(23)7-8-18(19)21(28)26(22)12-15-5-3-2-4-6-15/h2-8,11,17H,9-10,12-14H2,1H3/t17-/m0/s1. The maximum atomic E-state index is 13.2. The maximum absolute atomic E-state index is 13.2. The van der Waals surface area contributed by atoms with E-state index in [4.69, 9.17) is 11.6 Å². The van der Waals surface area contributed by atoms with Gasteiger partial charge >= 0.3 is 0 Å². The van der Waals surface area contributed by atoms with E-state index in [1.165, 1.54) is 4.90 Å². The predicted molar refractivity (Wildman–Crippen MR) is 127 cm³/mol. The molecule has 2 heterocycles.